The predicted octanol–water partition coefficient (Wildman–Crippen LogP) is 5.61. The van der Waals surface area contributed by atoms with Gasteiger partial charge in [0, 0.05) is 0 Å². The van der Waals surface area contributed by atoms with Crippen LogP contribution < -0.4 is 0 Å². The Hall–Kier alpha value is -2.08. The van der Waals surface area contributed by atoms with Gasteiger partial charge in [-0.15, -0.1) is 0 Å². The first-order chi connectivity index (χ1) is 10.1. The lowest BCUT2D eigenvalue weighted by Gasteiger charge is -2.08. The van der Waals surface area contributed by atoms with E-state index in [4.69, 9.17) is 0 Å². The average molecular weight is 274 g/mol. The van der Waals surface area contributed by atoms with Gasteiger partial charge in [-0.25, -0.2) is 0 Å². The average Bonchev–Trinajstić information content (AvgIpc) is 2.45. The van der Waals surface area contributed by atoms with Crippen molar-refractivity contribution in [2.45, 2.75) is 33.6 Å². The van der Waals surface area contributed by atoms with Crippen LogP contribution in [0.1, 0.15) is 34.7 Å². The van der Waals surface area contributed by atoms with E-state index in [1.165, 1.54) is 38.6 Å². The zero-order chi connectivity index (χ0) is 14.8. The molecule has 0 atom stereocenters. The second-order valence-corrected chi connectivity index (χ2v) is 6.04. The van der Waals surface area contributed by atoms with E-state index >= 15 is 0 Å². The number of fused-ring (bicyclic) bond motifs is 1. The summed E-state index contributed by atoms with van der Waals surface area (Å²) < 4.78 is 0. The van der Waals surface area contributed by atoms with E-state index in [2.05, 4.69) is 75.4 Å². The van der Waals surface area contributed by atoms with Crippen molar-refractivity contribution in [3.05, 3.63) is 82.4 Å². The van der Waals surface area contributed by atoms with Gasteiger partial charge in [0.15, 0.2) is 0 Å². The minimum atomic E-state index is 1.01. The lowest BCUT2D eigenvalue weighted by atomic mass is 9.98. The SMILES string of the molecule is CCc1ccc2ccc(Cc3cc(C)cc(C)c3)cc2c1. The fraction of sp³-hybridized carbons (Fsp3) is 0.238. The van der Waals surface area contributed by atoms with Crippen LogP contribution in [0.4, 0.5) is 0 Å². The monoisotopic (exact) mass is 274 g/mol. The summed E-state index contributed by atoms with van der Waals surface area (Å²) >= 11 is 0. The Morgan fingerprint density at radius 3 is 1.90 bits per heavy atom. The molecule has 0 heteroatoms. The quantitative estimate of drug-likeness (QED) is 0.582. The largest absolute Gasteiger partial charge is 0.0613 e. The summed E-state index contributed by atoms with van der Waals surface area (Å²) in [5.41, 5.74) is 6.89. The van der Waals surface area contributed by atoms with E-state index in [9.17, 15) is 0 Å². The van der Waals surface area contributed by atoms with Crippen LogP contribution in [0.25, 0.3) is 10.8 Å². The van der Waals surface area contributed by atoms with E-state index in [1.54, 1.807) is 0 Å². The summed E-state index contributed by atoms with van der Waals surface area (Å²) in [5, 5.41) is 2.69. The summed E-state index contributed by atoms with van der Waals surface area (Å²) in [6.07, 6.45) is 2.10. The Balaban J connectivity index is 1.96. The number of hydrogen-bond acceptors (Lipinski definition) is 0. The van der Waals surface area contributed by atoms with Gasteiger partial charge in [-0.3, -0.25) is 0 Å². The molecule has 0 amide bonds. The fourth-order valence-electron chi connectivity index (χ4n) is 3.08. The highest BCUT2D eigenvalue weighted by atomic mass is 14.1. The minimum absolute atomic E-state index is 1.01. The number of hydrogen-bond donors (Lipinski definition) is 0. The molecule has 0 aromatic heterocycles. The van der Waals surface area contributed by atoms with Crippen molar-refractivity contribution in [1.29, 1.82) is 0 Å². The predicted molar refractivity (Wildman–Crippen MR) is 92.0 cm³/mol. The van der Waals surface area contributed by atoms with Crippen LogP contribution in [0.3, 0.4) is 0 Å². The fourth-order valence-corrected chi connectivity index (χ4v) is 3.08. The second-order valence-electron chi connectivity index (χ2n) is 6.04. The third kappa shape index (κ3) is 3.16. The van der Waals surface area contributed by atoms with Crippen molar-refractivity contribution in [1.82, 2.24) is 0 Å². The first-order valence-corrected chi connectivity index (χ1v) is 7.73. The maximum absolute atomic E-state index is 2.34. The van der Waals surface area contributed by atoms with Crippen molar-refractivity contribution in [3.8, 4) is 0 Å². The Morgan fingerprint density at radius 2 is 1.24 bits per heavy atom. The van der Waals surface area contributed by atoms with Crippen LogP contribution in [-0.2, 0) is 12.8 Å². The highest BCUT2D eigenvalue weighted by molar-refractivity contribution is 5.83. The Labute approximate surface area is 127 Å². The van der Waals surface area contributed by atoms with Gasteiger partial charge in [0.1, 0.15) is 0 Å². The third-order valence-corrected chi connectivity index (χ3v) is 4.07. The number of benzene rings is 3. The van der Waals surface area contributed by atoms with Crippen LogP contribution in [0.2, 0.25) is 0 Å². The molecule has 0 unspecified atom stereocenters. The van der Waals surface area contributed by atoms with Crippen molar-refractivity contribution in [2.24, 2.45) is 0 Å². The van der Waals surface area contributed by atoms with Crippen LogP contribution in [0.15, 0.2) is 54.6 Å². The summed E-state index contributed by atoms with van der Waals surface area (Å²) in [5.74, 6) is 0. The minimum Gasteiger partial charge on any atom is -0.0613 e. The molecular weight excluding hydrogens is 252 g/mol. The molecule has 106 valence electrons. The van der Waals surface area contributed by atoms with Gasteiger partial charge in [0.05, 0.1) is 0 Å². The maximum atomic E-state index is 2.34. The first kappa shape index (κ1) is 13.9. The van der Waals surface area contributed by atoms with Crippen molar-refractivity contribution in [3.63, 3.8) is 0 Å². The number of aryl methyl sites for hydroxylation is 3. The summed E-state index contributed by atoms with van der Waals surface area (Å²) in [6.45, 7) is 6.55. The maximum Gasteiger partial charge on any atom is -0.00254 e. The highest BCUT2D eigenvalue weighted by Gasteiger charge is 2.01. The molecule has 0 saturated heterocycles. The topological polar surface area (TPSA) is 0 Å². The van der Waals surface area contributed by atoms with E-state index in [-0.39, 0.29) is 0 Å². The molecule has 0 nitrogen and oxygen atoms in total. The summed E-state index contributed by atoms with van der Waals surface area (Å²) in [4.78, 5) is 0. The molecule has 0 N–H and O–H groups in total. The van der Waals surface area contributed by atoms with Crippen LogP contribution in [-0.4, -0.2) is 0 Å². The van der Waals surface area contributed by atoms with Gasteiger partial charge in [-0.05, 0) is 54.2 Å². The molecule has 3 aromatic rings. The smallest absolute Gasteiger partial charge is 0.00254 e. The first-order valence-electron chi connectivity index (χ1n) is 7.73. The Kier molecular flexibility index (Phi) is 3.79. The van der Waals surface area contributed by atoms with Gasteiger partial charge in [-0.2, -0.15) is 0 Å². The molecule has 0 aliphatic carbocycles. The highest BCUT2D eigenvalue weighted by Crippen LogP contribution is 2.21. The molecule has 3 rings (SSSR count). The normalized spacial score (nSPS) is 11.0. The molecule has 0 spiro atoms. The lowest BCUT2D eigenvalue weighted by Crippen LogP contribution is -1.91. The summed E-state index contributed by atoms with van der Waals surface area (Å²) in [7, 11) is 0. The van der Waals surface area contributed by atoms with Crippen LogP contribution >= 0.6 is 0 Å². The van der Waals surface area contributed by atoms with Gasteiger partial charge < -0.3 is 0 Å². The van der Waals surface area contributed by atoms with Crippen molar-refractivity contribution >= 4 is 10.8 Å². The molecule has 0 heterocycles. The number of rotatable bonds is 3. The lowest BCUT2D eigenvalue weighted by molar-refractivity contribution is 1.14. The second kappa shape index (κ2) is 5.73. The third-order valence-electron chi connectivity index (χ3n) is 4.07. The molecule has 0 fully saturated rings. The van der Waals surface area contributed by atoms with Gasteiger partial charge in [-0.1, -0.05) is 72.6 Å². The standard InChI is InChI=1S/C21H22/c1-4-17-5-7-20-8-6-18(14-21(20)13-17)12-19-10-15(2)9-16(3)11-19/h5-11,13-14H,4,12H2,1-3H3. The molecule has 0 aliphatic rings. The summed E-state index contributed by atoms with van der Waals surface area (Å²) in [6, 6.07) is 20.4. The zero-order valence-corrected chi connectivity index (χ0v) is 13.1. The van der Waals surface area contributed by atoms with Crippen molar-refractivity contribution in [2.75, 3.05) is 0 Å². The van der Waals surface area contributed by atoms with Gasteiger partial charge in [0.25, 0.3) is 0 Å². The molecule has 0 saturated carbocycles. The van der Waals surface area contributed by atoms with Gasteiger partial charge in [0.2, 0.25) is 0 Å². The molecule has 0 bridgehead atoms. The van der Waals surface area contributed by atoms with Crippen molar-refractivity contribution < 1.29 is 0 Å². The molecular formula is C21H22. The van der Waals surface area contributed by atoms with E-state index < -0.39 is 0 Å². The Morgan fingerprint density at radius 1 is 0.619 bits per heavy atom. The molecule has 3 aromatic carbocycles. The molecule has 21 heavy (non-hydrogen) atoms. The van der Waals surface area contributed by atoms with Crippen LogP contribution in [0.5, 0.6) is 0 Å². The van der Waals surface area contributed by atoms with E-state index in [1.807, 2.05) is 0 Å². The zero-order valence-electron chi connectivity index (χ0n) is 13.1. The molecule has 0 radical (unpaired) electrons. The van der Waals surface area contributed by atoms with Crippen LogP contribution in [0, 0.1) is 13.8 Å². The molecule has 0 aliphatic heterocycles. The Bertz CT molecular complexity index is 761. The van der Waals surface area contributed by atoms with E-state index in [0.717, 1.165) is 12.8 Å². The van der Waals surface area contributed by atoms with E-state index in [0.29, 0.717) is 0 Å². The van der Waals surface area contributed by atoms with Gasteiger partial charge >= 0.3 is 0 Å².